The van der Waals surface area contributed by atoms with Crippen molar-refractivity contribution >= 4 is 5.69 Å². The average Bonchev–Trinajstić information content (AvgIpc) is 3.03. The third-order valence-corrected chi connectivity index (χ3v) is 6.89. The van der Waals surface area contributed by atoms with Gasteiger partial charge in [0.05, 0.1) is 23.3 Å². The third kappa shape index (κ3) is 5.95. The molecule has 0 fully saturated rings. The standard InChI is InChI=1S/C33H40N3O/c1-6-20-36(21-7-2)32-24(5)34-33(30-25(8-3)16-14-17-26(30)9-4)35-31(32)28-19-18-27-15-12-10-11-13-22-37-29(27)23-28/h10-14,16-19,22-23H,6-9,15,20-21H2,1-5H3/b11-10-,22-13+. The van der Waals surface area contributed by atoms with Crippen molar-refractivity contribution in [3.05, 3.63) is 89.7 Å². The summed E-state index contributed by atoms with van der Waals surface area (Å²) < 4.78 is 6.08. The van der Waals surface area contributed by atoms with Crippen LogP contribution in [-0.4, -0.2) is 23.1 Å². The zero-order valence-electron chi connectivity index (χ0n) is 23.1. The highest BCUT2D eigenvalue weighted by Gasteiger charge is 2.22. The molecule has 37 heavy (non-hydrogen) atoms. The number of allylic oxidation sites excluding steroid dienone is 3. The van der Waals surface area contributed by atoms with E-state index in [-0.39, 0.29) is 0 Å². The van der Waals surface area contributed by atoms with Crippen molar-refractivity contribution in [1.82, 2.24) is 9.97 Å². The summed E-state index contributed by atoms with van der Waals surface area (Å²) in [4.78, 5) is 12.9. The zero-order chi connectivity index (χ0) is 26.2. The highest BCUT2D eigenvalue weighted by molar-refractivity contribution is 5.80. The van der Waals surface area contributed by atoms with Crippen LogP contribution in [0, 0.1) is 13.3 Å². The Kier molecular flexibility index (Phi) is 9.16. The number of rotatable bonds is 9. The van der Waals surface area contributed by atoms with Crippen LogP contribution in [0.15, 0.2) is 60.9 Å². The summed E-state index contributed by atoms with van der Waals surface area (Å²) in [6, 6.07) is 13.1. The predicted octanol–water partition coefficient (Wildman–Crippen LogP) is 8.08. The molecule has 0 atom stereocenters. The van der Waals surface area contributed by atoms with Gasteiger partial charge >= 0.3 is 0 Å². The largest absolute Gasteiger partial charge is 0.465 e. The molecule has 0 saturated heterocycles. The van der Waals surface area contributed by atoms with Crippen LogP contribution in [0.2, 0.25) is 0 Å². The first-order valence-electron chi connectivity index (χ1n) is 13.8. The lowest BCUT2D eigenvalue weighted by molar-refractivity contribution is 0.476. The fourth-order valence-electron chi connectivity index (χ4n) is 5.14. The Balaban J connectivity index is 1.96. The number of nitrogens with zero attached hydrogens (tertiary/aromatic N) is 3. The van der Waals surface area contributed by atoms with E-state index >= 15 is 0 Å². The molecule has 4 nitrogen and oxygen atoms in total. The summed E-state index contributed by atoms with van der Waals surface area (Å²) in [6.07, 6.45) is 14.8. The molecule has 1 aliphatic heterocycles. The van der Waals surface area contributed by atoms with Gasteiger partial charge in [0.1, 0.15) is 5.75 Å². The van der Waals surface area contributed by atoms with E-state index in [4.69, 9.17) is 14.7 Å². The Bertz CT molecular complexity index is 1250. The van der Waals surface area contributed by atoms with E-state index in [1.165, 1.54) is 16.7 Å². The molecule has 2 heterocycles. The molecule has 4 heteroatoms. The fraction of sp³-hybridized carbons (Fsp3) is 0.364. The van der Waals surface area contributed by atoms with Crippen LogP contribution < -0.4 is 9.64 Å². The van der Waals surface area contributed by atoms with Gasteiger partial charge in [0.2, 0.25) is 0 Å². The topological polar surface area (TPSA) is 38.2 Å². The van der Waals surface area contributed by atoms with Crippen molar-refractivity contribution in [1.29, 1.82) is 0 Å². The first-order chi connectivity index (χ1) is 18.1. The summed E-state index contributed by atoms with van der Waals surface area (Å²) in [5, 5.41) is 0. The highest BCUT2D eigenvalue weighted by Crippen LogP contribution is 2.38. The Morgan fingerprint density at radius 2 is 1.59 bits per heavy atom. The Morgan fingerprint density at radius 3 is 2.27 bits per heavy atom. The molecular formula is C33H40N3O. The molecule has 1 aromatic heterocycles. The molecule has 3 aromatic rings. The van der Waals surface area contributed by atoms with Crippen molar-refractivity contribution in [2.75, 3.05) is 18.0 Å². The number of aromatic nitrogens is 2. The molecule has 0 aliphatic carbocycles. The number of ether oxygens (including phenoxy) is 1. The molecule has 1 aliphatic rings. The van der Waals surface area contributed by atoms with Gasteiger partial charge in [0.25, 0.3) is 0 Å². The van der Waals surface area contributed by atoms with Crippen LogP contribution in [-0.2, 0) is 19.3 Å². The number of aryl methyl sites for hydroxylation is 3. The number of fused-ring (bicyclic) bond motifs is 1. The summed E-state index contributed by atoms with van der Waals surface area (Å²) >= 11 is 0. The summed E-state index contributed by atoms with van der Waals surface area (Å²) in [6.45, 7) is 13.0. The van der Waals surface area contributed by atoms with E-state index in [9.17, 15) is 0 Å². The van der Waals surface area contributed by atoms with E-state index in [1.54, 1.807) is 6.26 Å². The van der Waals surface area contributed by atoms with Crippen LogP contribution in [0.25, 0.3) is 22.6 Å². The second-order valence-electron chi connectivity index (χ2n) is 9.57. The van der Waals surface area contributed by atoms with Crippen LogP contribution in [0.4, 0.5) is 5.69 Å². The second-order valence-corrected chi connectivity index (χ2v) is 9.57. The SMILES string of the molecule is CCCN(CCC)c1c(C)nc(-c2c(CC)cccc2CC)nc1-c1ccc2c(c1)O/C=C/C=C\[CH]C2. The highest BCUT2D eigenvalue weighted by atomic mass is 16.5. The molecule has 0 N–H and O–H groups in total. The average molecular weight is 495 g/mol. The van der Waals surface area contributed by atoms with Gasteiger partial charge in [0, 0.05) is 24.2 Å². The molecule has 0 spiro atoms. The van der Waals surface area contributed by atoms with Crippen molar-refractivity contribution in [3.8, 4) is 28.4 Å². The van der Waals surface area contributed by atoms with Crippen molar-refractivity contribution < 1.29 is 4.74 Å². The van der Waals surface area contributed by atoms with Crippen LogP contribution >= 0.6 is 0 Å². The van der Waals surface area contributed by atoms with Gasteiger partial charge in [-0.3, -0.25) is 0 Å². The molecule has 1 radical (unpaired) electrons. The van der Waals surface area contributed by atoms with Crippen LogP contribution in [0.3, 0.4) is 0 Å². The van der Waals surface area contributed by atoms with Gasteiger partial charge in [-0.2, -0.15) is 0 Å². The molecule has 193 valence electrons. The quantitative estimate of drug-likeness (QED) is 0.301. The van der Waals surface area contributed by atoms with Crippen molar-refractivity contribution in [2.24, 2.45) is 0 Å². The number of hydrogen-bond acceptors (Lipinski definition) is 4. The fourth-order valence-corrected chi connectivity index (χ4v) is 5.14. The van der Waals surface area contributed by atoms with Crippen molar-refractivity contribution in [2.45, 2.75) is 66.7 Å². The van der Waals surface area contributed by atoms with Crippen molar-refractivity contribution in [3.63, 3.8) is 0 Å². The van der Waals surface area contributed by atoms with Crippen LogP contribution in [0.5, 0.6) is 5.75 Å². The maximum absolute atomic E-state index is 6.08. The minimum Gasteiger partial charge on any atom is -0.465 e. The first kappa shape index (κ1) is 26.7. The monoisotopic (exact) mass is 494 g/mol. The first-order valence-corrected chi connectivity index (χ1v) is 13.8. The van der Waals surface area contributed by atoms with Gasteiger partial charge in [-0.25, -0.2) is 9.97 Å². The second kappa shape index (κ2) is 12.7. The van der Waals surface area contributed by atoms with Gasteiger partial charge in [0.15, 0.2) is 5.82 Å². The van der Waals surface area contributed by atoms with E-state index in [2.05, 4.69) is 88.4 Å². The summed E-state index contributed by atoms with van der Waals surface area (Å²) in [7, 11) is 0. The van der Waals surface area contributed by atoms with E-state index in [1.807, 2.05) is 12.2 Å². The summed E-state index contributed by atoms with van der Waals surface area (Å²) in [5.74, 6) is 1.69. The predicted molar refractivity (Wildman–Crippen MR) is 156 cm³/mol. The lowest BCUT2D eigenvalue weighted by Gasteiger charge is -2.28. The maximum Gasteiger partial charge on any atom is 0.160 e. The number of anilines is 1. The molecule has 0 bridgehead atoms. The van der Waals surface area contributed by atoms with Gasteiger partial charge in [-0.15, -0.1) is 0 Å². The normalized spacial score (nSPS) is 14.6. The Morgan fingerprint density at radius 1 is 0.865 bits per heavy atom. The minimum atomic E-state index is 0.820. The summed E-state index contributed by atoms with van der Waals surface area (Å²) in [5.41, 5.74) is 9.13. The number of hydrogen-bond donors (Lipinski definition) is 0. The van der Waals surface area contributed by atoms with E-state index < -0.39 is 0 Å². The molecular weight excluding hydrogens is 454 g/mol. The minimum absolute atomic E-state index is 0.820. The molecule has 4 rings (SSSR count). The number of benzene rings is 2. The molecule has 0 amide bonds. The Hall–Kier alpha value is -3.40. The van der Waals surface area contributed by atoms with E-state index in [0.717, 1.165) is 85.0 Å². The smallest absolute Gasteiger partial charge is 0.160 e. The van der Waals surface area contributed by atoms with E-state index in [0.29, 0.717) is 0 Å². The van der Waals surface area contributed by atoms with Gasteiger partial charge < -0.3 is 9.64 Å². The van der Waals surface area contributed by atoms with Crippen LogP contribution in [0.1, 0.15) is 62.9 Å². The maximum atomic E-state index is 6.08. The van der Waals surface area contributed by atoms with Gasteiger partial charge in [-0.05, 0) is 74.3 Å². The molecule has 0 unspecified atom stereocenters. The molecule has 2 aromatic carbocycles. The lowest BCUT2D eigenvalue weighted by Crippen LogP contribution is -2.27. The lowest BCUT2D eigenvalue weighted by atomic mass is 9.96. The third-order valence-electron chi connectivity index (χ3n) is 6.89. The van der Waals surface area contributed by atoms with Gasteiger partial charge in [-0.1, -0.05) is 70.2 Å². The molecule has 0 saturated carbocycles. The Labute approximate surface area is 223 Å². The zero-order valence-corrected chi connectivity index (χ0v) is 23.1.